The Balaban J connectivity index is 2.22. The van der Waals surface area contributed by atoms with E-state index >= 15 is 0 Å². The number of nitrogens with two attached hydrogens (primary N) is 1. The fourth-order valence-corrected chi connectivity index (χ4v) is 1.96. The van der Waals surface area contributed by atoms with E-state index < -0.39 is 0 Å². The van der Waals surface area contributed by atoms with Crippen molar-refractivity contribution in [2.24, 2.45) is 5.73 Å². The Morgan fingerprint density at radius 1 is 1.50 bits per heavy atom. The van der Waals surface area contributed by atoms with E-state index in [-0.39, 0.29) is 5.91 Å². The highest BCUT2D eigenvalue weighted by Crippen LogP contribution is 2.11. The average molecular weight is 250 g/mol. The van der Waals surface area contributed by atoms with E-state index in [9.17, 15) is 4.79 Å². The Morgan fingerprint density at radius 3 is 2.89 bits per heavy atom. The normalized spacial score (nSPS) is 15.8. The summed E-state index contributed by atoms with van der Waals surface area (Å²) in [6, 6.07) is 0. The minimum atomic E-state index is -0.0262. The zero-order valence-corrected chi connectivity index (χ0v) is 10.6. The topological polar surface area (TPSA) is 81.3 Å². The van der Waals surface area contributed by atoms with Crippen molar-refractivity contribution in [2.45, 2.75) is 13.3 Å². The Hall–Kier alpha value is -1.53. The van der Waals surface area contributed by atoms with Gasteiger partial charge in [0.2, 0.25) is 0 Å². The fraction of sp³-hybridized carbons (Fsp3) is 0.583. The van der Waals surface area contributed by atoms with Crippen molar-refractivity contribution in [1.29, 1.82) is 0 Å². The number of aryl methyl sites for hydroxylation is 1. The van der Waals surface area contributed by atoms with Crippen LogP contribution in [0, 0.1) is 6.92 Å². The largest absolute Gasteiger partial charge is 0.378 e. The van der Waals surface area contributed by atoms with Crippen LogP contribution in [0.5, 0.6) is 0 Å². The van der Waals surface area contributed by atoms with E-state index in [0.717, 1.165) is 5.69 Å². The molecule has 1 saturated heterocycles. The van der Waals surface area contributed by atoms with Gasteiger partial charge in [-0.05, 0) is 13.5 Å². The van der Waals surface area contributed by atoms with Gasteiger partial charge in [-0.15, -0.1) is 0 Å². The first-order chi connectivity index (χ1) is 8.72. The SMILES string of the molecule is Cc1ncc(C(=O)N2CCOCC2)c(CCN)n1. The van der Waals surface area contributed by atoms with Gasteiger partial charge in [0.15, 0.2) is 0 Å². The van der Waals surface area contributed by atoms with E-state index in [1.807, 2.05) is 6.92 Å². The molecule has 0 atom stereocenters. The van der Waals surface area contributed by atoms with Gasteiger partial charge in [0.05, 0.1) is 24.5 Å². The standard InChI is InChI=1S/C12H18N4O2/c1-9-14-8-10(11(15-9)2-3-13)12(17)16-4-6-18-7-5-16/h8H,2-7,13H2,1H3. The summed E-state index contributed by atoms with van der Waals surface area (Å²) in [7, 11) is 0. The number of aromatic nitrogens is 2. The third-order valence-electron chi connectivity index (χ3n) is 2.90. The highest BCUT2D eigenvalue weighted by Gasteiger charge is 2.21. The van der Waals surface area contributed by atoms with Crippen LogP contribution >= 0.6 is 0 Å². The van der Waals surface area contributed by atoms with E-state index in [4.69, 9.17) is 10.5 Å². The summed E-state index contributed by atoms with van der Waals surface area (Å²) < 4.78 is 5.24. The number of nitrogens with zero attached hydrogens (tertiary/aromatic N) is 3. The average Bonchev–Trinajstić information content (AvgIpc) is 2.40. The lowest BCUT2D eigenvalue weighted by molar-refractivity contribution is 0.0301. The van der Waals surface area contributed by atoms with Gasteiger partial charge in [0, 0.05) is 25.7 Å². The lowest BCUT2D eigenvalue weighted by atomic mass is 10.1. The predicted octanol–water partition coefficient (Wildman–Crippen LogP) is -0.241. The number of hydrogen-bond donors (Lipinski definition) is 1. The molecule has 0 spiro atoms. The molecule has 1 aromatic rings. The van der Waals surface area contributed by atoms with Crippen LogP contribution in [0.4, 0.5) is 0 Å². The summed E-state index contributed by atoms with van der Waals surface area (Å²) in [5, 5.41) is 0. The monoisotopic (exact) mass is 250 g/mol. The van der Waals surface area contributed by atoms with Crippen molar-refractivity contribution in [2.75, 3.05) is 32.8 Å². The van der Waals surface area contributed by atoms with Crippen molar-refractivity contribution in [3.05, 3.63) is 23.3 Å². The summed E-state index contributed by atoms with van der Waals surface area (Å²) in [6.45, 7) is 4.70. The van der Waals surface area contributed by atoms with Crippen molar-refractivity contribution >= 4 is 5.91 Å². The Bertz CT molecular complexity index is 430. The second-order valence-corrected chi connectivity index (χ2v) is 4.22. The van der Waals surface area contributed by atoms with Crippen molar-refractivity contribution in [1.82, 2.24) is 14.9 Å². The first kappa shape index (κ1) is 12.9. The van der Waals surface area contributed by atoms with Crippen molar-refractivity contribution in [3.8, 4) is 0 Å². The lowest BCUT2D eigenvalue weighted by Gasteiger charge is -2.27. The molecule has 0 bridgehead atoms. The molecule has 1 aromatic heterocycles. The highest BCUT2D eigenvalue weighted by atomic mass is 16.5. The Morgan fingerprint density at radius 2 is 2.22 bits per heavy atom. The van der Waals surface area contributed by atoms with Gasteiger partial charge in [-0.2, -0.15) is 0 Å². The summed E-state index contributed by atoms with van der Waals surface area (Å²) in [4.78, 5) is 22.5. The molecule has 0 radical (unpaired) electrons. The van der Waals surface area contributed by atoms with Gasteiger partial charge in [-0.3, -0.25) is 4.79 Å². The molecule has 0 aromatic carbocycles. The molecule has 0 unspecified atom stereocenters. The smallest absolute Gasteiger partial charge is 0.257 e. The molecule has 1 amide bonds. The summed E-state index contributed by atoms with van der Waals surface area (Å²) in [5.74, 6) is 0.638. The van der Waals surface area contributed by atoms with E-state index in [1.54, 1.807) is 11.1 Å². The maximum Gasteiger partial charge on any atom is 0.257 e. The molecule has 2 N–H and O–H groups in total. The van der Waals surface area contributed by atoms with Crippen molar-refractivity contribution in [3.63, 3.8) is 0 Å². The molecule has 6 heteroatoms. The highest BCUT2D eigenvalue weighted by molar-refractivity contribution is 5.95. The van der Waals surface area contributed by atoms with Crippen LogP contribution in [0.2, 0.25) is 0 Å². The molecule has 1 fully saturated rings. The summed E-state index contributed by atoms with van der Waals surface area (Å²) >= 11 is 0. The zero-order chi connectivity index (χ0) is 13.0. The fourth-order valence-electron chi connectivity index (χ4n) is 1.96. The first-order valence-electron chi connectivity index (χ1n) is 6.12. The maximum absolute atomic E-state index is 12.4. The van der Waals surface area contributed by atoms with Gasteiger partial charge in [-0.1, -0.05) is 0 Å². The van der Waals surface area contributed by atoms with Crippen LogP contribution < -0.4 is 5.73 Å². The third-order valence-corrected chi connectivity index (χ3v) is 2.90. The van der Waals surface area contributed by atoms with Crippen LogP contribution in [0.3, 0.4) is 0 Å². The molecule has 98 valence electrons. The minimum absolute atomic E-state index is 0.0262. The second-order valence-electron chi connectivity index (χ2n) is 4.22. The van der Waals surface area contributed by atoms with Crippen LogP contribution in [0.15, 0.2) is 6.20 Å². The first-order valence-corrected chi connectivity index (χ1v) is 6.12. The number of morpholine rings is 1. The number of carbonyl (C=O) groups is 1. The van der Waals surface area contributed by atoms with Crippen molar-refractivity contribution < 1.29 is 9.53 Å². The molecule has 18 heavy (non-hydrogen) atoms. The van der Waals surface area contributed by atoms with Gasteiger partial charge in [-0.25, -0.2) is 9.97 Å². The molecule has 0 saturated carbocycles. The third kappa shape index (κ3) is 2.83. The minimum Gasteiger partial charge on any atom is -0.378 e. The van der Waals surface area contributed by atoms with Gasteiger partial charge in [0.25, 0.3) is 5.91 Å². The molecular formula is C12H18N4O2. The Labute approximate surface area is 106 Å². The zero-order valence-electron chi connectivity index (χ0n) is 10.6. The molecule has 0 aliphatic carbocycles. The second kappa shape index (κ2) is 5.88. The van der Waals surface area contributed by atoms with Crippen LogP contribution in [0.1, 0.15) is 21.9 Å². The van der Waals surface area contributed by atoms with Crippen LogP contribution in [-0.2, 0) is 11.2 Å². The Kier molecular flexibility index (Phi) is 4.22. The number of carbonyl (C=O) groups excluding carboxylic acids is 1. The van der Waals surface area contributed by atoms with Gasteiger partial charge in [0.1, 0.15) is 5.82 Å². The molecular weight excluding hydrogens is 232 g/mol. The van der Waals surface area contributed by atoms with Crippen LogP contribution in [-0.4, -0.2) is 53.6 Å². The molecule has 1 aliphatic rings. The molecule has 6 nitrogen and oxygen atoms in total. The number of amides is 1. The maximum atomic E-state index is 12.4. The number of ether oxygens (including phenoxy) is 1. The lowest BCUT2D eigenvalue weighted by Crippen LogP contribution is -2.41. The van der Waals surface area contributed by atoms with E-state index in [0.29, 0.717) is 50.7 Å². The van der Waals surface area contributed by atoms with Gasteiger partial charge < -0.3 is 15.4 Å². The molecule has 1 aliphatic heterocycles. The van der Waals surface area contributed by atoms with Crippen LogP contribution in [0.25, 0.3) is 0 Å². The predicted molar refractivity (Wildman–Crippen MR) is 66.2 cm³/mol. The summed E-state index contributed by atoms with van der Waals surface area (Å²) in [6.07, 6.45) is 2.19. The molecule has 2 heterocycles. The van der Waals surface area contributed by atoms with Gasteiger partial charge >= 0.3 is 0 Å². The quantitative estimate of drug-likeness (QED) is 0.800. The van der Waals surface area contributed by atoms with E-state index in [2.05, 4.69) is 9.97 Å². The summed E-state index contributed by atoms with van der Waals surface area (Å²) in [5.41, 5.74) is 6.85. The number of hydrogen-bond acceptors (Lipinski definition) is 5. The number of rotatable bonds is 3. The van der Waals surface area contributed by atoms with E-state index in [1.165, 1.54) is 0 Å². The molecule has 2 rings (SSSR count).